The zero-order valence-corrected chi connectivity index (χ0v) is 25.0. The molecule has 9 heteroatoms. The van der Waals surface area contributed by atoms with Gasteiger partial charge in [0.1, 0.15) is 17.4 Å². The topological polar surface area (TPSA) is 87.7 Å². The fourth-order valence-corrected chi connectivity index (χ4v) is 4.91. The Balaban J connectivity index is 1.58. The first-order valence-corrected chi connectivity index (χ1v) is 14.2. The molecular formula is C32H43F2N3O4. The highest BCUT2D eigenvalue weighted by atomic mass is 19.1. The monoisotopic (exact) mass is 571 g/mol. The molecule has 0 spiro atoms. The van der Waals surface area contributed by atoms with Gasteiger partial charge in [0.15, 0.2) is 6.61 Å². The second-order valence-corrected chi connectivity index (χ2v) is 13.3. The molecule has 1 fully saturated rings. The summed E-state index contributed by atoms with van der Waals surface area (Å²) in [6, 6.07) is 9.88. The number of nitrogens with zero attached hydrogens (tertiary/aromatic N) is 1. The summed E-state index contributed by atoms with van der Waals surface area (Å²) in [5.74, 6) is -2.19. The van der Waals surface area contributed by atoms with E-state index < -0.39 is 17.6 Å². The van der Waals surface area contributed by atoms with Gasteiger partial charge in [-0.3, -0.25) is 14.4 Å². The van der Waals surface area contributed by atoms with E-state index in [9.17, 15) is 23.2 Å². The fourth-order valence-electron chi connectivity index (χ4n) is 4.91. The first kappa shape index (κ1) is 32.0. The van der Waals surface area contributed by atoms with Crippen LogP contribution < -0.4 is 15.4 Å². The van der Waals surface area contributed by atoms with Gasteiger partial charge in [-0.1, -0.05) is 47.6 Å². The number of ether oxygens (including phenoxy) is 1. The zero-order valence-electron chi connectivity index (χ0n) is 25.0. The normalized spacial score (nSPS) is 16.3. The van der Waals surface area contributed by atoms with E-state index >= 15 is 0 Å². The molecular weight excluding hydrogens is 528 g/mol. The number of nitrogens with one attached hydrogen (secondary N) is 2. The van der Waals surface area contributed by atoms with Crippen molar-refractivity contribution in [3.63, 3.8) is 0 Å². The molecule has 0 aliphatic carbocycles. The van der Waals surface area contributed by atoms with Crippen LogP contribution in [0.5, 0.6) is 5.75 Å². The van der Waals surface area contributed by atoms with Crippen LogP contribution in [0.4, 0.5) is 20.2 Å². The lowest BCUT2D eigenvalue weighted by Crippen LogP contribution is -2.37. The van der Waals surface area contributed by atoms with Crippen molar-refractivity contribution in [1.29, 1.82) is 0 Å². The molecule has 1 aliphatic heterocycles. The molecule has 2 unspecified atom stereocenters. The maximum Gasteiger partial charge on any atom is 0.260 e. The van der Waals surface area contributed by atoms with E-state index in [1.165, 1.54) is 0 Å². The van der Waals surface area contributed by atoms with Crippen LogP contribution in [0.25, 0.3) is 0 Å². The van der Waals surface area contributed by atoms with E-state index in [0.29, 0.717) is 43.8 Å². The van der Waals surface area contributed by atoms with E-state index in [4.69, 9.17) is 4.74 Å². The summed E-state index contributed by atoms with van der Waals surface area (Å²) in [6.45, 7) is 13.0. The fraction of sp³-hybridized carbons (Fsp3) is 0.531. The third-order valence-corrected chi connectivity index (χ3v) is 7.08. The van der Waals surface area contributed by atoms with Crippen molar-refractivity contribution in [2.45, 2.75) is 67.2 Å². The quantitative estimate of drug-likeness (QED) is 0.334. The van der Waals surface area contributed by atoms with Crippen LogP contribution in [0.15, 0.2) is 42.5 Å². The average Bonchev–Trinajstić information content (AvgIpc) is 3.36. The van der Waals surface area contributed by atoms with E-state index in [2.05, 4.69) is 31.4 Å². The molecule has 0 aromatic heterocycles. The number of halogens is 2. The number of hydrogen-bond donors (Lipinski definition) is 2. The minimum absolute atomic E-state index is 0.0625. The lowest BCUT2D eigenvalue weighted by molar-refractivity contribution is -0.133. The number of carbonyl (C=O) groups is 3. The van der Waals surface area contributed by atoms with Crippen LogP contribution in [-0.2, 0) is 14.4 Å². The summed E-state index contributed by atoms with van der Waals surface area (Å²) in [5.41, 5.74) is 0.269. The molecule has 2 atom stereocenters. The van der Waals surface area contributed by atoms with Crippen LogP contribution in [0.2, 0.25) is 0 Å². The van der Waals surface area contributed by atoms with Gasteiger partial charge in [0, 0.05) is 43.2 Å². The summed E-state index contributed by atoms with van der Waals surface area (Å²) >= 11 is 0. The summed E-state index contributed by atoms with van der Waals surface area (Å²) in [5, 5.41) is 5.44. The van der Waals surface area contributed by atoms with Gasteiger partial charge in [-0.05, 0) is 60.3 Å². The number of hydrogen-bond acceptors (Lipinski definition) is 4. The minimum atomic E-state index is -0.705. The van der Waals surface area contributed by atoms with Gasteiger partial charge in [0.25, 0.3) is 5.91 Å². The first-order chi connectivity index (χ1) is 19.1. The number of rotatable bonds is 10. The van der Waals surface area contributed by atoms with Crippen LogP contribution in [0.3, 0.4) is 0 Å². The molecule has 7 nitrogen and oxygen atoms in total. The molecule has 0 bridgehead atoms. The molecule has 41 heavy (non-hydrogen) atoms. The Hall–Kier alpha value is -3.49. The van der Waals surface area contributed by atoms with Gasteiger partial charge >= 0.3 is 0 Å². The molecule has 2 N–H and O–H groups in total. The Kier molecular flexibility index (Phi) is 10.5. The summed E-state index contributed by atoms with van der Waals surface area (Å²) in [4.78, 5) is 40.2. The Morgan fingerprint density at radius 1 is 1.00 bits per heavy atom. The molecule has 0 radical (unpaired) electrons. The molecule has 3 amide bonds. The lowest BCUT2D eigenvalue weighted by Gasteiger charge is -2.29. The number of anilines is 2. The first-order valence-electron chi connectivity index (χ1n) is 14.2. The predicted molar refractivity (Wildman–Crippen MR) is 156 cm³/mol. The second-order valence-electron chi connectivity index (χ2n) is 13.3. The Morgan fingerprint density at radius 3 is 2.41 bits per heavy atom. The van der Waals surface area contributed by atoms with Gasteiger partial charge in [0.05, 0.1) is 5.69 Å². The van der Waals surface area contributed by atoms with Crippen molar-refractivity contribution >= 4 is 29.1 Å². The maximum atomic E-state index is 14.2. The molecule has 2 aromatic carbocycles. The van der Waals surface area contributed by atoms with Crippen molar-refractivity contribution in [1.82, 2.24) is 4.90 Å². The highest BCUT2D eigenvalue weighted by Crippen LogP contribution is 2.35. The van der Waals surface area contributed by atoms with Gasteiger partial charge < -0.3 is 20.3 Å². The Labute approximate surface area is 242 Å². The molecule has 224 valence electrons. The van der Waals surface area contributed by atoms with Crippen molar-refractivity contribution < 1.29 is 27.9 Å². The maximum absolute atomic E-state index is 14.2. The van der Waals surface area contributed by atoms with E-state index in [-0.39, 0.29) is 46.8 Å². The van der Waals surface area contributed by atoms with Crippen LogP contribution in [0.1, 0.15) is 67.2 Å². The zero-order chi connectivity index (χ0) is 30.4. The molecule has 1 saturated heterocycles. The molecule has 1 aliphatic rings. The smallest absolute Gasteiger partial charge is 0.260 e. The van der Waals surface area contributed by atoms with Gasteiger partial charge in [-0.25, -0.2) is 8.78 Å². The van der Waals surface area contributed by atoms with Gasteiger partial charge in [-0.15, -0.1) is 0 Å². The number of amides is 3. The van der Waals surface area contributed by atoms with Crippen molar-refractivity contribution in [3.05, 3.63) is 54.1 Å². The third kappa shape index (κ3) is 10.4. The van der Waals surface area contributed by atoms with Crippen LogP contribution in [0, 0.1) is 34.3 Å². The van der Waals surface area contributed by atoms with Crippen molar-refractivity contribution in [2.75, 3.05) is 30.3 Å². The van der Waals surface area contributed by atoms with Crippen molar-refractivity contribution in [3.8, 4) is 5.75 Å². The summed E-state index contributed by atoms with van der Waals surface area (Å²) in [6.07, 6.45) is 2.31. The van der Waals surface area contributed by atoms with E-state index in [0.717, 1.165) is 24.6 Å². The minimum Gasteiger partial charge on any atom is -0.484 e. The largest absolute Gasteiger partial charge is 0.484 e. The van der Waals surface area contributed by atoms with Crippen LogP contribution in [-0.4, -0.2) is 42.3 Å². The third-order valence-electron chi connectivity index (χ3n) is 7.08. The molecule has 3 rings (SSSR count). The number of carbonyl (C=O) groups excluding carboxylic acids is 3. The summed E-state index contributed by atoms with van der Waals surface area (Å²) < 4.78 is 33.6. The van der Waals surface area contributed by atoms with Crippen molar-refractivity contribution in [2.24, 2.45) is 22.7 Å². The average molecular weight is 572 g/mol. The second kappa shape index (κ2) is 13.4. The standard InChI is InChI=1S/C32H43F2N3O4/c1-31(2,3)14-12-28(38)35-23-8-7-9-24(17-23)41-20-29(39)37-15-13-21(19-37)25(18-32(4,5)6)30(40)36-27-16-22(33)10-11-26(27)34/h7-11,16-17,21,25H,12-15,18-20H2,1-6H3,(H,35,38)(H,36,40). The lowest BCUT2D eigenvalue weighted by atomic mass is 9.77. The summed E-state index contributed by atoms with van der Waals surface area (Å²) in [7, 11) is 0. The van der Waals surface area contributed by atoms with Crippen LogP contribution >= 0.6 is 0 Å². The Morgan fingerprint density at radius 2 is 1.73 bits per heavy atom. The molecule has 0 saturated carbocycles. The van der Waals surface area contributed by atoms with E-state index in [1.807, 2.05) is 20.8 Å². The SMILES string of the molecule is CC(C)(C)CCC(=O)Nc1cccc(OCC(=O)N2CCC(C(CC(C)(C)C)C(=O)Nc3cc(F)ccc3F)C2)c1. The van der Waals surface area contributed by atoms with Gasteiger partial charge in [-0.2, -0.15) is 0 Å². The number of likely N-dealkylation sites (tertiary alicyclic amines) is 1. The highest BCUT2D eigenvalue weighted by molar-refractivity contribution is 5.93. The Bertz CT molecular complexity index is 1240. The molecule has 2 aromatic rings. The van der Waals surface area contributed by atoms with E-state index in [1.54, 1.807) is 29.2 Å². The van der Waals surface area contributed by atoms with Gasteiger partial charge in [0.2, 0.25) is 11.8 Å². The molecule has 1 heterocycles. The predicted octanol–water partition coefficient (Wildman–Crippen LogP) is 6.65. The number of benzene rings is 2. The highest BCUT2D eigenvalue weighted by Gasteiger charge is 2.38.